The molecule has 1 aromatic carbocycles. The van der Waals surface area contributed by atoms with Gasteiger partial charge in [-0.2, -0.15) is 0 Å². The molecule has 6 nitrogen and oxygen atoms in total. The molecule has 0 aliphatic carbocycles. The Morgan fingerprint density at radius 1 is 1.17 bits per heavy atom. The lowest BCUT2D eigenvalue weighted by molar-refractivity contribution is 0.448. The summed E-state index contributed by atoms with van der Waals surface area (Å²) in [6.07, 6.45) is 1.67. The molecule has 3 rings (SSSR count). The Balaban J connectivity index is 2.22. The van der Waals surface area contributed by atoms with Crippen LogP contribution in [0.4, 0.5) is 5.82 Å². The lowest BCUT2D eigenvalue weighted by Gasteiger charge is -2.14. The first-order valence-corrected chi connectivity index (χ1v) is 9.43. The number of fused-ring (bicyclic) bond motifs is 1. The Bertz CT molecular complexity index is 1020. The van der Waals surface area contributed by atoms with Crippen molar-refractivity contribution in [2.75, 3.05) is 11.0 Å². The standard InChI is InChI=1S/C17H19N3O3S/c1-10-7-5-6-8-13(10)9-14-11(2)16-15(12(3)19-23-16)18-17(14)20-24(4,21)22/h5-8H,9H2,1-4H3,(H,18,20). The first kappa shape index (κ1) is 16.4. The Labute approximate surface area is 140 Å². The lowest BCUT2D eigenvalue weighted by atomic mass is 9.97. The maximum Gasteiger partial charge on any atom is 0.230 e. The van der Waals surface area contributed by atoms with Gasteiger partial charge in [0.1, 0.15) is 17.0 Å². The van der Waals surface area contributed by atoms with Gasteiger partial charge in [-0.25, -0.2) is 13.4 Å². The molecule has 2 heterocycles. The van der Waals surface area contributed by atoms with Crippen molar-refractivity contribution in [2.24, 2.45) is 0 Å². The summed E-state index contributed by atoms with van der Waals surface area (Å²) < 4.78 is 31.4. The van der Waals surface area contributed by atoms with E-state index < -0.39 is 10.0 Å². The van der Waals surface area contributed by atoms with E-state index in [0.29, 0.717) is 29.0 Å². The lowest BCUT2D eigenvalue weighted by Crippen LogP contribution is -2.14. The molecule has 24 heavy (non-hydrogen) atoms. The molecule has 3 aromatic rings. The number of nitrogens with one attached hydrogen (secondary N) is 1. The minimum absolute atomic E-state index is 0.331. The molecule has 7 heteroatoms. The average Bonchev–Trinajstić information content (AvgIpc) is 2.85. The average molecular weight is 345 g/mol. The smallest absolute Gasteiger partial charge is 0.230 e. The Morgan fingerprint density at radius 3 is 2.54 bits per heavy atom. The van der Waals surface area contributed by atoms with E-state index in [2.05, 4.69) is 14.9 Å². The van der Waals surface area contributed by atoms with E-state index in [1.165, 1.54) is 0 Å². The number of aryl methyl sites for hydroxylation is 3. The van der Waals surface area contributed by atoms with E-state index in [-0.39, 0.29) is 0 Å². The van der Waals surface area contributed by atoms with E-state index in [0.717, 1.165) is 28.5 Å². The van der Waals surface area contributed by atoms with Gasteiger partial charge in [0.15, 0.2) is 5.58 Å². The SMILES string of the molecule is Cc1ccccc1Cc1c(NS(C)(=O)=O)nc2c(C)noc2c1C. The van der Waals surface area contributed by atoms with Crippen molar-refractivity contribution in [1.29, 1.82) is 0 Å². The summed E-state index contributed by atoms with van der Waals surface area (Å²) in [7, 11) is -3.45. The van der Waals surface area contributed by atoms with Crippen LogP contribution < -0.4 is 4.72 Å². The highest BCUT2D eigenvalue weighted by atomic mass is 32.2. The molecule has 0 saturated carbocycles. The van der Waals surface area contributed by atoms with E-state index >= 15 is 0 Å². The molecule has 0 fully saturated rings. The highest BCUT2D eigenvalue weighted by Crippen LogP contribution is 2.30. The Kier molecular flexibility index (Phi) is 4.04. The van der Waals surface area contributed by atoms with E-state index in [9.17, 15) is 8.42 Å². The van der Waals surface area contributed by atoms with Crippen molar-refractivity contribution in [3.63, 3.8) is 0 Å². The number of rotatable bonds is 4. The Hall–Kier alpha value is -2.41. The second kappa shape index (κ2) is 5.90. The number of benzene rings is 1. The van der Waals surface area contributed by atoms with Crippen LogP contribution in [-0.4, -0.2) is 24.8 Å². The largest absolute Gasteiger partial charge is 0.354 e. The third-order valence-corrected chi connectivity index (χ3v) is 4.61. The third kappa shape index (κ3) is 3.12. The van der Waals surface area contributed by atoms with Crippen molar-refractivity contribution in [3.05, 3.63) is 52.2 Å². The van der Waals surface area contributed by atoms with Crippen molar-refractivity contribution >= 4 is 26.9 Å². The molecular weight excluding hydrogens is 326 g/mol. The summed E-state index contributed by atoms with van der Waals surface area (Å²) in [5, 5.41) is 3.95. The molecule has 0 aliphatic heterocycles. The summed E-state index contributed by atoms with van der Waals surface area (Å²) in [6.45, 7) is 5.71. The Morgan fingerprint density at radius 2 is 1.88 bits per heavy atom. The van der Waals surface area contributed by atoms with Crippen LogP contribution in [0, 0.1) is 20.8 Å². The van der Waals surface area contributed by atoms with Gasteiger partial charge >= 0.3 is 0 Å². The van der Waals surface area contributed by atoms with E-state index in [4.69, 9.17) is 4.52 Å². The van der Waals surface area contributed by atoms with Gasteiger partial charge in [0.2, 0.25) is 10.0 Å². The van der Waals surface area contributed by atoms with Crippen molar-refractivity contribution in [3.8, 4) is 0 Å². The zero-order chi connectivity index (χ0) is 17.5. The fourth-order valence-electron chi connectivity index (χ4n) is 2.71. The van der Waals surface area contributed by atoms with Crippen molar-refractivity contribution in [2.45, 2.75) is 27.2 Å². The molecule has 1 N–H and O–H groups in total. The summed E-state index contributed by atoms with van der Waals surface area (Å²) in [5.74, 6) is 0.331. The van der Waals surface area contributed by atoms with E-state index in [1.54, 1.807) is 6.92 Å². The number of aromatic nitrogens is 2. The fourth-order valence-corrected chi connectivity index (χ4v) is 3.23. The number of sulfonamides is 1. The number of nitrogens with zero attached hydrogens (tertiary/aromatic N) is 2. The predicted octanol–water partition coefficient (Wildman–Crippen LogP) is 3.11. The van der Waals surface area contributed by atoms with Gasteiger partial charge in [-0.1, -0.05) is 29.4 Å². The molecule has 0 aliphatic rings. The number of hydrogen-bond donors (Lipinski definition) is 1. The predicted molar refractivity (Wildman–Crippen MR) is 93.7 cm³/mol. The van der Waals surface area contributed by atoms with Crippen LogP contribution in [-0.2, 0) is 16.4 Å². The first-order chi connectivity index (χ1) is 11.3. The molecule has 0 saturated heterocycles. The fraction of sp³-hybridized carbons (Fsp3) is 0.294. The highest BCUT2D eigenvalue weighted by Gasteiger charge is 2.20. The maximum absolute atomic E-state index is 11.8. The zero-order valence-electron chi connectivity index (χ0n) is 14.0. The summed E-state index contributed by atoms with van der Waals surface area (Å²) in [6, 6.07) is 7.99. The molecular formula is C17H19N3O3S. The molecule has 2 aromatic heterocycles. The zero-order valence-corrected chi connectivity index (χ0v) is 14.9. The quantitative estimate of drug-likeness (QED) is 0.785. The van der Waals surface area contributed by atoms with Crippen LogP contribution in [0.5, 0.6) is 0 Å². The molecule has 0 spiro atoms. The van der Waals surface area contributed by atoms with Gasteiger partial charge in [-0.3, -0.25) is 4.72 Å². The van der Waals surface area contributed by atoms with Gasteiger partial charge in [0.25, 0.3) is 0 Å². The summed E-state index contributed by atoms with van der Waals surface area (Å²) in [5.41, 5.74) is 5.67. The molecule has 0 unspecified atom stereocenters. The first-order valence-electron chi connectivity index (χ1n) is 7.54. The number of pyridine rings is 1. The molecule has 126 valence electrons. The van der Waals surface area contributed by atoms with Gasteiger partial charge in [0.05, 0.1) is 6.26 Å². The van der Waals surface area contributed by atoms with Gasteiger partial charge in [0, 0.05) is 17.5 Å². The van der Waals surface area contributed by atoms with Crippen LogP contribution in [0.2, 0.25) is 0 Å². The van der Waals surface area contributed by atoms with Gasteiger partial charge in [-0.05, 0) is 31.9 Å². The minimum Gasteiger partial charge on any atom is -0.354 e. The van der Waals surface area contributed by atoms with Crippen molar-refractivity contribution in [1.82, 2.24) is 10.1 Å². The van der Waals surface area contributed by atoms with Gasteiger partial charge in [-0.15, -0.1) is 0 Å². The maximum atomic E-state index is 11.8. The van der Waals surface area contributed by atoms with Crippen LogP contribution in [0.15, 0.2) is 28.8 Å². The number of anilines is 1. The second-order valence-electron chi connectivity index (χ2n) is 5.99. The highest BCUT2D eigenvalue weighted by molar-refractivity contribution is 7.92. The van der Waals surface area contributed by atoms with Crippen LogP contribution in [0.3, 0.4) is 0 Å². The normalized spacial score (nSPS) is 11.8. The monoisotopic (exact) mass is 345 g/mol. The third-order valence-electron chi connectivity index (χ3n) is 4.04. The topological polar surface area (TPSA) is 85.1 Å². The van der Waals surface area contributed by atoms with E-state index in [1.807, 2.05) is 38.1 Å². The van der Waals surface area contributed by atoms with Crippen molar-refractivity contribution < 1.29 is 12.9 Å². The molecule has 0 amide bonds. The second-order valence-corrected chi connectivity index (χ2v) is 7.74. The molecule has 0 bridgehead atoms. The number of hydrogen-bond acceptors (Lipinski definition) is 5. The van der Waals surface area contributed by atoms with Crippen LogP contribution in [0.1, 0.15) is 27.9 Å². The van der Waals surface area contributed by atoms with Gasteiger partial charge < -0.3 is 4.52 Å². The molecule has 0 radical (unpaired) electrons. The molecule has 0 atom stereocenters. The van der Waals surface area contributed by atoms with Crippen LogP contribution in [0.25, 0.3) is 11.1 Å². The van der Waals surface area contributed by atoms with Crippen LogP contribution >= 0.6 is 0 Å². The summed E-state index contributed by atoms with van der Waals surface area (Å²) >= 11 is 0. The minimum atomic E-state index is -3.45. The summed E-state index contributed by atoms with van der Waals surface area (Å²) in [4.78, 5) is 4.46.